The summed E-state index contributed by atoms with van der Waals surface area (Å²) in [5.74, 6) is -0.0894. The first-order chi connectivity index (χ1) is 11.5. The molecule has 122 valence electrons. The van der Waals surface area contributed by atoms with E-state index in [0.717, 1.165) is 16.6 Å². The summed E-state index contributed by atoms with van der Waals surface area (Å²) in [5, 5.41) is 4.30. The summed E-state index contributed by atoms with van der Waals surface area (Å²) in [6.45, 7) is 0. The lowest BCUT2D eigenvalue weighted by Gasteiger charge is -2.17. The van der Waals surface area contributed by atoms with E-state index < -0.39 is 0 Å². The highest BCUT2D eigenvalue weighted by atomic mass is 16.1. The molecule has 3 rings (SSSR count). The van der Waals surface area contributed by atoms with Gasteiger partial charge < -0.3 is 15.2 Å². The fourth-order valence-corrected chi connectivity index (χ4v) is 2.74. The van der Waals surface area contributed by atoms with Gasteiger partial charge in [-0.1, -0.05) is 18.2 Å². The van der Waals surface area contributed by atoms with Crippen molar-refractivity contribution in [2.45, 2.75) is 6.42 Å². The zero-order valence-corrected chi connectivity index (χ0v) is 13.7. The van der Waals surface area contributed by atoms with E-state index in [1.165, 1.54) is 0 Å². The molecule has 5 heteroatoms. The monoisotopic (exact) mass is 321 g/mol. The largest absolute Gasteiger partial charge is 0.377 e. The summed E-state index contributed by atoms with van der Waals surface area (Å²) in [7, 11) is 3.91. The van der Waals surface area contributed by atoms with Crippen molar-refractivity contribution >= 4 is 28.1 Å². The molecular formula is C19H19N3O2. The van der Waals surface area contributed by atoms with Crippen molar-refractivity contribution < 1.29 is 4.79 Å². The van der Waals surface area contributed by atoms with Crippen molar-refractivity contribution in [1.29, 1.82) is 0 Å². The molecule has 0 aliphatic heterocycles. The molecule has 2 N–H and O–H groups in total. The van der Waals surface area contributed by atoms with Crippen molar-refractivity contribution in [1.82, 2.24) is 4.98 Å². The van der Waals surface area contributed by atoms with Crippen molar-refractivity contribution in [2.75, 3.05) is 24.3 Å². The van der Waals surface area contributed by atoms with Gasteiger partial charge in [0.25, 0.3) is 5.56 Å². The summed E-state index contributed by atoms with van der Waals surface area (Å²) in [6.07, 6.45) is 1.89. The van der Waals surface area contributed by atoms with E-state index in [1.807, 2.05) is 49.3 Å². The summed E-state index contributed by atoms with van der Waals surface area (Å²) in [6, 6.07) is 14.9. The summed E-state index contributed by atoms with van der Waals surface area (Å²) < 4.78 is 0. The molecule has 0 unspecified atom stereocenters. The molecule has 24 heavy (non-hydrogen) atoms. The van der Waals surface area contributed by atoms with Crippen molar-refractivity contribution in [3.8, 4) is 0 Å². The lowest BCUT2D eigenvalue weighted by Crippen LogP contribution is -2.18. The number of carbonyl (C=O) groups excluding carboxylic acids is 1. The first-order valence-corrected chi connectivity index (χ1v) is 7.71. The first kappa shape index (κ1) is 15.8. The van der Waals surface area contributed by atoms with Crippen LogP contribution in [0.4, 0.5) is 11.4 Å². The highest BCUT2D eigenvalue weighted by molar-refractivity contribution is 5.95. The number of hydrogen-bond donors (Lipinski definition) is 2. The van der Waals surface area contributed by atoms with Crippen LogP contribution in [-0.4, -0.2) is 25.0 Å². The Kier molecular flexibility index (Phi) is 4.33. The van der Waals surface area contributed by atoms with Gasteiger partial charge in [0, 0.05) is 37.1 Å². The van der Waals surface area contributed by atoms with E-state index in [9.17, 15) is 9.59 Å². The molecule has 1 amide bonds. The van der Waals surface area contributed by atoms with Gasteiger partial charge in [-0.2, -0.15) is 0 Å². The Morgan fingerprint density at radius 3 is 2.71 bits per heavy atom. The number of anilines is 2. The van der Waals surface area contributed by atoms with Crippen molar-refractivity contribution in [2.24, 2.45) is 0 Å². The number of para-hydroxylation sites is 1. The van der Waals surface area contributed by atoms with Gasteiger partial charge in [0.15, 0.2) is 0 Å². The number of fused-ring (bicyclic) bond motifs is 1. The highest BCUT2D eigenvalue weighted by Crippen LogP contribution is 2.20. The Labute approximate surface area is 139 Å². The molecule has 0 aliphatic rings. The number of hydrogen-bond acceptors (Lipinski definition) is 3. The van der Waals surface area contributed by atoms with Crippen LogP contribution in [0.25, 0.3) is 10.8 Å². The van der Waals surface area contributed by atoms with Crippen LogP contribution in [0.15, 0.2) is 59.5 Å². The molecule has 5 nitrogen and oxygen atoms in total. The molecular weight excluding hydrogens is 302 g/mol. The average Bonchev–Trinajstić information content (AvgIpc) is 2.55. The Balaban J connectivity index is 1.79. The average molecular weight is 321 g/mol. The van der Waals surface area contributed by atoms with Gasteiger partial charge in [-0.25, -0.2) is 0 Å². The van der Waals surface area contributed by atoms with Crippen LogP contribution < -0.4 is 15.8 Å². The highest BCUT2D eigenvalue weighted by Gasteiger charge is 2.10. The third-order valence-electron chi connectivity index (χ3n) is 3.88. The minimum atomic E-state index is -0.134. The number of H-pyrrole nitrogens is 1. The van der Waals surface area contributed by atoms with E-state index >= 15 is 0 Å². The molecule has 0 saturated carbocycles. The van der Waals surface area contributed by atoms with E-state index in [1.54, 1.807) is 24.4 Å². The van der Waals surface area contributed by atoms with Crippen LogP contribution in [0.3, 0.4) is 0 Å². The van der Waals surface area contributed by atoms with Gasteiger partial charge in [0.1, 0.15) is 0 Å². The topological polar surface area (TPSA) is 65.2 Å². The van der Waals surface area contributed by atoms with Gasteiger partial charge in [0.2, 0.25) is 5.91 Å². The van der Waals surface area contributed by atoms with Crippen molar-refractivity contribution in [3.05, 3.63) is 70.6 Å². The zero-order valence-electron chi connectivity index (χ0n) is 13.7. The Hall–Kier alpha value is -3.08. The van der Waals surface area contributed by atoms with E-state index in [-0.39, 0.29) is 11.5 Å². The molecule has 1 aromatic heterocycles. The molecule has 0 spiro atoms. The maximum atomic E-state index is 12.4. The smallest absolute Gasteiger partial charge is 0.255 e. The Bertz CT molecular complexity index is 944. The first-order valence-electron chi connectivity index (χ1n) is 7.71. The standard InChI is InChI=1S/C19H19N3O2/c1-22(2)17-6-4-3-5-14(17)12-18(23)21-15-7-8-16-13(11-15)9-10-20-19(16)24/h3-11H,12H2,1-2H3,(H,20,24)(H,21,23). The second-order valence-electron chi connectivity index (χ2n) is 5.86. The lowest BCUT2D eigenvalue weighted by atomic mass is 10.1. The second-order valence-corrected chi connectivity index (χ2v) is 5.86. The maximum Gasteiger partial charge on any atom is 0.255 e. The minimum Gasteiger partial charge on any atom is -0.377 e. The molecule has 0 bridgehead atoms. The normalized spacial score (nSPS) is 10.6. The van der Waals surface area contributed by atoms with Crippen LogP contribution in [0.5, 0.6) is 0 Å². The number of pyridine rings is 1. The third kappa shape index (κ3) is 3.30. The summed E-state index contributed by atoms with van der Waals surface area (Å²) >= 11 is 0. The van der Waals surface area contributed by atoms with E-state index in [0.29, 0.717) is 17.5 Å². The van der Waals surface area contributed by atoms with Crippen LogP contribution in [0.1, 0.15) is 5.56 Å². The lowest BCUT2D eigenvalue weighted by molar-refractivity contribution is -0.115. The predicted octanol–water partition coefficient (Wildman–Crippen LogP) is 2.78. The molecule has 0 fully saturated rings. The molecule has 0 saturated heterocycles. The van der Waals surface area contributed by atoms with Crippen LogP contribution in [0.2, 0.25) is 0 Å². The fraction of sp³-hybridized carbons (Fsp3) is 0.158. The fourth-order valence-electron chi connectivity index (χ4n) is 2.74. The summed E-state index contributed by atoms with van der Waals surface area (Å²) in [5.41, 5.74) is 2.54. The van der Waals surface area contributed by atoms with Gasteiger partial charge in [0.05, 0.1) is 6.42 Å². The zero-order chi connectivity index (χ0) is 17.1. The number of nitrogens with zero attached hydrogens (tertiary/aromatic N) is 1. The molecule has 2 aromatic carbocycles. The van der Waals surface area contributed by atoms with E-state index in [4.69, 9.17) is 0 Å². The number of nitrogens with one attached hydrogen (secondary N) is 2. The quantitative estimate of drug-likeness (QED) is 0.776. The van der Waals surface area contributed by atoms with Crippen LogP contribution in [0, 0.1) is 0 Å². The predicted molar refractivity (Wildman–Crippen MR) is 97.7 cm³/mol. The van der Waals surface area contributed by atoms with Crippen molar-refractivity contribution in [3.63, 3.8) is 0 Å². The Morgan fingerprint density at radius 2 is 1.92 bits per heavy atom. The van der Waals surface area contributed by atoms with Gasteiger partial charge in [-0.05, 0) is 41.3 Å². The molecule has 0 atom stereocenters. The summed E-state index contributed by atoms with van der Waals surface area (Å²) in [4.78, 5) is 28.7. The minimum absolute atomic E-state index is 0.0894. The number of benzene rings is 2. The number of rotatable bonds is 4. The molecule has 1 heterocycles. The third-order valence-corrected chi connectivity index (χ3v) is 3.88. The van der Waals surface area contributed by atoms with Gasteiger partial charge in [-0.15, -0.1) is 0 Å². The second kappa shape index (κ2) is 6.58. The van der Waals surface area contributed by atoms with Gasteiger partial charge >= 0.3 is 0 Å². The maximum absolute atomic E-state index is 12.4. The number of amides is 1. The SMILES string of the molecule is CN(C)c1ccccc1CC(=O)Nc1ccc2c(=O)[nH]ccc2c1. The Morgan fingerprint density at radius 1 is 1.12 bits per heavy atom. The number of aromatic nitrogens is 1. The van der Waals surface area contributed by atoms with Crippen LogP contribution in [-0.2, 0) is 11.2 Å². The number of carbonyl (C=O) groups is 1. The molecule has 3 aromatic rings. The van der Waals surface area contributed by atoms with Crippen LogP contribution >= 0.6 is 0 Å². The van der Waals surface area contributed by atoms with E-state index in [2.05, 4.69) is 10.3 Å². The number of aromatic amines is 1. The molecule has 0 aliphatic carbocycles. The van der Waals surface area contributed by atoms with Gasteiger partial charge in [-0.3, -0.25) is 9.59 Å². The molecule has 0 radical (unpaired) electrons.